The number of nitrogens with zero attached hydrogens (tertiary/aromatic N) is 1. The summed E-state index contributed by atoms with van der Waals surface area (Å²) in [7, 11) is 0. The summed E-state index contributed by atoms with van der Waals surface area (Å²) >= 11 is 0. The Morgan fingerprint density at radius 3 is 2.32 bits per heavy atom. The smallest absolute Gasteiger partial charge is 0.199 e. The van der Waals surface area contributed by atoms with Crippen LogP contribution in [0.2, 0.25) is 0 Å². The first-order chi connectivity index (χ1) is 21.6. The normalized spacial score (nSPS) is 17.0. The van der Waals surface area contributed by atoms with Crippen molar-refractivity contribution in [2.75, 3.05) is 46.1 Å². The summed E-state index contributed by atoms with van der Waals surface area (Å²) in [4.78, 5) is 5.76. The molecule has 0 aromatic heterocycles. The van der Waals surface area contributed by atoms with Crippen LogP contribution in [-0.2, 0) is 9.62 Å². The lowest BCUT2D eigenvalue weighted by atomic mass is 9.98. The average Bonchev–Trinajstić information content (AvgIpc) is 3.04. The zero-order valence-electron chi connectivity index (χ0n) is 25.5. The first kappa shape index (κ1) is 31.7. The molecule has 2 saturated heterocycles. The third kappa shape index (κ3) is 8.48. The van der Waals surface area contributed by atoms with Gasteiger partial charge in [-0.25, -0.2) is 4.89 Å². The Morgan fingerprint density at radius 1 is 0.909 bits per heavy atom. The van der Waals surface area contributed by atoms with Crippen LogP contribution in [0, 0.1) is 12.8 Å². The van der Waals surface area contributed by atoms with E-state index in [-0.39, 0.29) is 18.9 Å². The van der Waals surface area contributed by atoms with Crippen molar-refractivity contribution < 1.29 is 33.5 Å². The molecule has 0 radical (unpaired) electrons. The van der Waals surface area contributed by atoms with Gasteiger partial charge in [-0.15, -0.1) is 0 Å². The van der Waals surface area contributed by atoms with Crippen molar-refractivity contribution in [2.45, 2.75) is 39.4 Å². The zero-order chi connectivity index (χ0) is 30.7. The SMILES string of the molecule is CCOO.Cc1ccc(-c2ccc3cc(OC4CCCCO4)ccc3c2Oc2ccc(OCCN3CC(CF)C3)cc2)cc1. The maximum atomic E-state index is 12.6. The zero-order valence-corrected chi connectivity index (χ0v) is 25.5. The number of hydrogen-bond acceptors (Lipinski definition) is 7. The molecular formula is C36H42FNO6. The summed E-state index contributed by atoms with van der Waals surface area (Å²) in [5.41, 5.74) is 3.34. The van der Waals surface area contributed by atoms with Crippen molar-refractivity contribution in [1.29, 1.82) is 0 Å². The molecule has 4 aromatic rings. The summed E-state index contributed by atoms with van der Waals surface area (Å²) in [5.74, 6) is 3.32. The molecule has 234 valence electrons. The summed E-state index contributed by atoms with van der Waals surface area (Å²) < 4.78 is 37.1. The van der Waals surface area contributed by atoms with Crippen LogP contribution in [0.5, 0.6) is 23.0 Å². The van der Waals surface area contributed by atoms with Gasteiger partial charge in [-0.2, -0.15) is 0 Å². The van der Waals surface area contributed by atoms with E-state index in [0.29, 0.717) is 13.2 Å². The highest BCUT2D eigenvalue weighted by atomic mass is 19.1. The van der Waals surface area contributed by atoms with E-state index in [0.717, 1.165) is 90.4 Å². The van der Waals surface area contributed by atoms with Gasteiger partial charge in [0.1, 0.15) is 29.6 Å². The standard InChI is InChI=1S/C34H36FNO4.C2H6O2/c1-24-5-7-26(8-6-24)31-15-9-27-20-30(39-33-4-2-3-18-38-33)14-16-32(27)34(31)40-29-12-10-28(11-13-29)37-19-17-36-22-25(21-35)23-36;1-2-4-3/h5-16,20,25,33H,2-4,17-19,21-23H2,1H3;3H,2H2,1H3. The molecule has 8 heteroatoms. The van der Waals surface area contributed by atoms with Gasteiger partial charge < -0.3 is 18.9 Å². The van der Waals surface area contributed by atoms with Gasteiger partial charge in [0.15, 0.2) is 6.29 Å². The lowest BCUT2D eigenvalue weighted by Gasteiger charge is -2.37. The topological polar surface area (TPSA) is 69.6 Å². The Hall–Kier alpha value is -3.69. The average molecular weight is 604 g/mol. The number of hydrogen-bond donors (Lipinski definition) is 1. The number of benzene rings is 4. The fourth-order valence-electron chi connectivity index (χ4n) is 5.35. The number of likely N-dealkylation sites (tertiary alicyclic amines) is 1. The highest BCUT2D eigenvalue weighted by Gasteiger charge is 2.25. The van der Waals surface area contributed by atoms with Crippen LogP contribution in [-0.4, -0.2) is 62.6 Å². The van der Waals surface area contributed by atoms with Crippen molar-refractivity contribution in [2.24, 2.45) is 5.92 Å². The maximum Gasteiger partial charge on any atom is 0.199 e. The molecule has 2 aliphatic heterocycles. The number of halogens is 1. The Labute approximate surface area is 259 Å². The minimum Gasteiger partial charge on any atom is -0.492 e. The van der Waals surface area contributed by atoms with E-state index >= 15 is 0 Å². The van der Waals surface area contributed by atoms with Gasteiger partial charge in [0.2, 0.25) is 0 Å². The summed E-state index contributed by atoms with van der Waals surface area (Å²) in [6.45, 7) is 7.73. The molecule has 44 heavy (non-hydrogen) atoms. The Bertz CT molecular complexity index is 1450. The molecule has 1 atom stereocenters. The molecule has 2 aliphatic rings. The lowest BCUT2D eigenvalue weighted by Crippen LogP contribution is -2.49. The van der Waals surface area contributed by atoms with Crippen molar-refractivity contribution >= 4 is 10.8 Å². The van der Waals surface area contributed by atoms with Gasteiger partial charge in [0, 0.05) is 42.9 Å². The van der Waals surface area contributed by atoms with Gasteiger partial charge in [-0.05, 0) is 86.2 Å². The highest BCUT2D eigenvalue weighted by Crippen LogP contribution is 2.41. The van der Waals surface area contributed by atoms with Crippen LogP contribution in [0.25, 0.3) is 21.9 Å². The Kier molecular flexibility index (Phi) is 11.4. The summed E-state index contributed by atoms with van der Waals surface area (Å²) in [6, 6.07) is 26.6. The quantitative estimate of drug-likeness (QED) is 0.137. The van der Waals surface area contributed by atoms with E-state index in [1.54, 1.807) is 6.92 Å². The summed E-state index contributed by atoms with van der Waals surface area (Å²) in [6.07, 6.45) is 2.94. The molecule has 6 rings (SSSR count). The molecule has 0 amide bonds. The molecule has 0 saturated carbocycles. The van der Waals surface area contributed by atoms with Gasteiger partial charge in [-0.3, -0.25) is 14.5 Å². The predicted octanol–water partition coefficient (Wildman–Crippen LogP) is 8.29. The second kappa shape index (κ2) is 15.9. The second-order valence-electron chi connectivity index (χ2n) is 11.2. The molecular weight excluding hydrogens is 561 g/mol. The monoisotopic (exact) mass is 603 g/mol. The Balaban J connectivity index is 0.000000906. The van der Waals surface area contributed by atoms with Crippen LogP contribution in [0.3, 0.4) is 0 Å². The van der Waals surface area contributed by atoms with Gasteiger partial charge in [-0.1, -0.05) is 35.9 Å². The number of ether oxygens (including phenoxy) is 4. The minimum absolute atomic E-state index is 0.188. The summed E-state index contributed by atoms with van der Waals surface area (Å²) in [5, 5.41) is 9.43. The van der Waals surface area contributed by atoms with Crippen molar-refractivity contribution in [3.63, 3.8) is 0 Å². The maximum absolute atomic E-state index is 12.6. The largest absolute Gasteiger partial charge is 0.492 e. The molecule has 1 N–H and O–H groups in total. The van der Waals surface area contributed by atoms with Crippen LogP contribution in [0.15, 0.2) is 78.9 Å². The molecule has 2 heterocycles. The molecule has 0 aliphatic carbocycles. The highest BCUT2D eigenvalue weighted by molar-refractivity contribution is 5.96. The van der Waals surface area contributed by atoms with E-state index in [2.05, 4.69) is 65.2 Å². The van der Waals surface area contributed by atoms with Crippen molar-refractivity contribution in [3.05, 3.63) is 84.4 Å². The lowest BCUT2D eigenvalue weighted by molar-refractivity contribution is -0.237. The molecule has 2 fully saturated rings. The first-order valence-electron chi connectivity index (χ1n) is 15.4. The first-order valence-corrected chi connectivity index (χ1v) is 15.4. The Morgan fingerprint density at radius 2 is 1.64 bits per heavy atom. The van der Waals surface area contributed by atoms with Crippen LogP contribution >= 0.6 is 0 Å². The fraction of sp³-hybridized carbons (Fsp3) is 0.389. The van der Waals surface area contributed by atoms with E-state index < -0.39 is 0 Å². The van der Waals surface area contributed by atoms with Gasteiger partial charge in [0.25, 0.3) is 0 Å². The van der Waals surface area contributed by atoms with Crippen molar-refractivity contribution in [3.8, 4) is 34.1 Å². The van der Waals surface area contributed by atoms with E-state index in [1.165, 1.54) is 5.56 Å². The van der Waals surface area contributed by atoms with Gasteiger partial charge >= 0.3 is 0 Å². The molecule has 1 unspecified atom stereocenters. The molecule has 0 bridgehead atoms. The van der Waals surface area contributed by atoms with Crippen molar-refractivity contribution in [1.82, 2.24) is 4.90 Å². The number of rotatable bonds is 11. The van der Waals surface area contributed by atoms with Crippen LogP contribution < -0.4 is 14.2 Å². The minimum atomic E-state index is -0.231. The van der Waals surface area contributed by atoms with Crippen LogP contribution in [0.4, 0.5) is 4.39 Å². The number of fused-ring (bicyclic) bond motifs is 1. The third-order valence-corrected chi connectivity index (χ3v) is 7.81. The fourth-order valence-corrected chi connectivity index (χ4v) is 5.35. The number of aryl methyl sites for hydroxylation is 1. The van der Waals surface area contributed by atoms with Crippen LogP contribution in [0.1, 0.15) is 31.7 Å². The third-order valence-electron chi connectivity index (χ3n) is 7.81. The van der Waals surface area contributed by atoms with E-state index in [4.69, 9.17) is 24.2 Å². The van der Waals surface area contributed by atoms with Gasteiger partial charge in [0.05, 0.1) is 19.9 Å². The van der Waals surface area contributed by atoms with E-state index in [9.17, 15) is 4.39 Å². The van der Waals surface area contributed by atoms with E-state index in [1.807, 2.05) is 30.3 Å². The predicted molar refractivity (Wildman–Crippen MR) is 171 cm³/mol. The molecule has 7 nitrogen and oxygen atoms in total. The number of alkyl halides is 1. The second-order valence-corrected chi connectivity index (χ2v) is 11.2. The molecule has 4 aromatic carbocycles. The molecule has 0 spiro atoms.